The molecule has 1 saturated carbocycles. The van der Waals surface area contributed by atoms with E-state index in [1.807, 2.05) is 20.8 Å². The molecule has 0 aliphatic heterocycles. The fraction of sp³-hybridized carbons (Fsp3) is 0.714. The third-order valence-electron chi connectivity index (χ3n) is 3.81. The van der Waals surface area contributed by atoms with Crippen LogP contribution >= 0.6 is 0 Å². The molecule has 106 valence electrons. The Morgan fingerprint density at radius 3 is 2.68 bits per heavy atom. The minimum atomic E-state index is 0.0700. The summed E-state index contributed by atoms with van der Waals surface area (Å²) in [6.07, 6.45) is 4.69. The molecule has 0 aromatic carbocycles. The number of amides is 1. The standard InChI is InChI=1S/C14H23N3O2/c1-9(14-10(2)17-19-11(14)3)15-8-13(18)16-12-6-4-5-7-12/h9,12,15H,4-8H2,1-3H3,(H,16,18). The highest BCUT2D eigenvalue weighted by Gasteiger charge is 2.19. The van der Waals surface area contributed by atoms with Crippen molar-refractivity contribution in [2.75, 3.05) is 6.54 Å². The van der Waals surface area contributed by atoms with Gasteiger partial charge in [0.15, 0.2) is 0 Å². The number of carbonyl (C=O) groups excluding carboxylic acids is 1. The lowest BCUT2D eigenvalue weighted by Gasteiger charge is -2.16. The number of nitrogens with one attached hydrogen (secondary N) is 2. The fourth-order valence-corrected chi connectivity index (χ4v) is 2.80. The maximum absolute atomic E-state index is 11.8. The Balaban J connectivity index is 1.79. The van der Waals surface area contributed by atoms with Crippen LogP contribution in [-0.4, -0.2) is 23.7 Å². The fourth-order valence-electron chi connectivity index (χ4n) is 2.80. The molecule has 1 fully saturated rings. The van der Waals surface area contributed by atoms with Gasteiger partial charge in [-0.05, 0) is 33.6 Å². The summed E-state index contributed by atoms with van der Waals surface area (Å²) in [7, 11) is 0. The van der Waals surface area contributed by atoms with Crippen molar-refractivity contribution in [3.8, 4) is 0 Å². The van der Waals surface area contributed by atoms with Crippen molar-refractivity contribution in [3.05, 3.63) is 17.0 Å². The van der Waals surface area contributed by atoms with Crippen molar-refractivity contribution in [2.45, 2.75) is 58.5 Å². The molecule has 1 aromatic rings. The Morgan fingerprint density at radius 1 is 1.42 bits per heavy atom. The third-order valence-corrected chi connectivity index (χ3v) is 3.81. The molecule has 0 radical (unpaired) electrons. The van der Waals surface area contributed by atoms with Gasteiger partial charge in [-0.25, -0.2) is 0 Å². The van der Waals surface area contributed by atoms with Crippen LogP contribution in [0.15, 0.2) is 4.52 Å². The maximum atomic E-state index is 11.8. The summed E-state index contributed by atoms with van der Waals surface area (Å²) in [5.74, 6) is 0.888. The Bertz CT molecular complexity index is 416. The lowest BCUT2D eigenvalue weighted by atomic mass is 10.1. The second-order valence-electron chi connectivity index (χ2n) is 5.39. The van der Waals surface area contributed by atoms with Gasteiger partial charge in [0.1, 0.15) is 5.76 Å². The van der Waals surface area contributed by atoms with Crippen LogP contribution in [0.4, 0.5) is 0 Å². The van der Waals surface area contributed by atoms with E-state index < -0.39 is 0 Å². The molecule has 0 bridgehead atoms. The molecule has 0 spiro atoms. The molecular formula is C14H23N3O2. The summed E-state index contributed by atoms with van der Waals surface area (Å²) in [4.78, 5) is 11.8. The number of carbonyl (C=O) groups is 1. The molecule has 2 N–H and O–H groups in total. The topological polar surface area (TPSA) is 67.2 Å². The molecule has 2 rings (SSSR count). The van der Waals surface area contributed by atoms with Gasteiger partial charge in [-0.3, -0.25) is 4.79 Å². The van der Waals surface area contributed by atoms with Gasteiger partial charge in [-0.2, -0.15) is 0 Å². The minimum absolute atomic E-state index is 0.0700. The molecule has 1 unspecified atom stereocenters. The molecule has 1 aromatic heterocycles. The summed E-state index contributed by atoms with van der Waals surface area (Å²) in [5, 5.41) is 10.2. The van der Waals surface area contributed by atoms with Gasteiger partial charge in [0.05, 0.1) is 12.2 Å². The Hall–Kier alpha value is -1.36. The van der Waals surface area contributed by atoms with Gasteiger partial charge in [-0.15, -0.1) is 0 Å². The zero-order chi connectivity index (χ0) is 13.8. The van der Waals surface area contributed by atoms with E-state index in [4.69, 9.17) is 4.52 Å². The molecule has 1 aliphatic carbocycles. The number of nitrogens with zero attached hydrogens (tertiary/aromatic N) is 1. The average molecular weight is 265 g/mol. The van der Waals surface area contributed by atoms with E-state index in [1.165, 1.54) is 12.8 Å². The second-order valence-corrected chi connectivity index (χ2v) is 5.39. The second kappa shape index (κ2) is 6.19. The molecule has 5 heteroatoms. The third kappa shape index (κ3) is 3.56. The first-order valence-corrected chi connectivity index (χ1v) is 7.03. The van der Waals surface area contributed by atoms with Gasteiger partial charge in [0, 0.05) is 17.6 Å². The highest BCUT2D eigenvalue weighted by molar-refractivity contribution is 5.78. The smallest absolute Gasteiger partial charge is 0.234 e. The first kappa shape index (κ1) is 14.1. The van der Waals surface area contributed by atoms with E-state index in [0.29, 0.717) is 12.6 Å². The van der Waals surface area contributed by atoms with Crippen molar-refractivity contribution in [2.24, 2.45) is 0 Å². The lowest BCUT2D eigenvalue weighted by molar-refractivity contribution is -0.121. The van der Waals surface area contributed by atoms with Gasteiger partial charge in [-0.1, -0.05) is 18.0 Å². The summed E-state index contributed by atoms with van der Waals surface area (Å²) >= 11 is 0. The number of rotatable bonds is 5. The number of hydrogen-bond acceptors (Lipinski definition) is 4. The van der Waals surface area contributed by atoms with Crippen LogP contribution in [0.5, 0.6) is 0 Å². The summed E-state index contributed by atoms with van der Waals surface area (Å²) < 4.78 is 5.14. The lowest BCUT2D eigenvalue weighted by Crippen LogP contribution is -2.39. The van der Waals surface area contributed by atoms with Gasteiger partial charge < -0.3 is 15.2 Å². The maximum Gasteiger partial charge on any atom is 0.234 e. The van der Waals surface area contributed by atoms with E-state index in [1.54, 1.807) is 0 Å². The van der Waals surface area contributed by atoms with E-state index >= 15 is 0 Å². The Morgan fingerprint density at radius 2 is 2.11 bits per heavy atom. The van der Waals surface area contributed by atoms with E-state index in [0.717, 1.165) is 29.9 Å². The predicted octanol–water partition coefficient (Wildman–Crippen LogP) is 2.00. The summed E-state index contributed by atoms with van der Waals surface area (Å²) in [6.45, 7) is 6.17. The summed E-state index contributed by atoms with van der Waals surface area (Å²) in [6, 6.07) is 0.448. The SMILES string of the molecule is Cc1noc(C)c1C(C)NCC(=O)NC1CCCC1. The van der Waals surface area contributed by atoms with Crippen LogP contribution in [0.2, 0.25) is 0 Å². The average Bonchev–Trinajstić information content (AvgIpc) is 2.97. The molecule has 1 atom stereocenters. The van der Waals surface area contributed by atoms with Crippen LogP contribution in [0.3, 0.4) is 0 Å². The normalized spacial score (nSPS) is 17.6. The van der Waals surface area contributed by atoms with Crippen molar-refractivity contribution < 1.29 is 9.32 Å². The predicted molar refractivity (Wildman–Crippen MR) is 72.8 cm³/mol. The van der Waals surface area contributed by atoms with Crippen LogP contribution in [-0.2, 0) is 4.79 Å². The van der Waals surface area contributed by atoms with Crippen molar-refractivity contribution in [1.29, 1.82) is 0 Å². The number of hydrogen-bond donors (Lipinski definition) is 2. The largest absolute Gasteiger partial charge is 0.361 e. The van der Waals surface area contributed by atoms with Gasteiger partial charge >= 0.3 is 0 Å². The molecule has 5 nitrogen and oxygen atoms in total. The Kier molecular flexibility index (Phi) is 4.58. The molecule has 0 saturated heterocycles. The quantitative estimate of drug-likeness (QED) is 0.854. The van der Waals surface area contributed by atoms with E-state index in [2.05, 4.69) is 15.8 Å². The molecule has 19 heavy (non-hydrogen) atoms. The zero-order valence-electron chi connectivity index (χ0n) is 12.0. The summed E-state index contributed by atoms with van der Waals surface area (Å²) in [5.41, 5.74) is 1.93. The molecular weight excluding hydrogens is 242 g/mol. The van der Waals surface area contributed by atoms with Crippen molar-refractivity contribution in [3.63, 3.8) is 0 Å². The van der Waals surface area contributed by atoms with Crippen LogP contribution in [0.1, 0.15) is 55.7 Å². The zero-order valence-corrected chi connectivity index (χ0v) is 12.0. The number of aromatic nitrogens is 1. The monoisotopic (exact) mass is 265 g/mol. The van der Waals surface area contributed by atoms with Crippen molar-refractivity contribution in [1.82, 2.24) is 15.8 Å². The van der Waals surface area contributed by atoms with Crippen molar-refractivity contribution >= 4 is 5.91 Å². The first-order valence-electron chi connectivity index (χ1n) is 7.03. The highest BCUT2D eigenvalue weighted by atomic mass is 16.5. The molecule has 1 aliphatic rings. The van der Waals surface area contributed by atoms with E-state index in [9.17, 15) is 4.79 Å². The van der Waals surface area contributed by atoms with E-state index in [-0.39, 0.29) is 11.9 Å². The van der Waals surface area contributed by atoms with Gasteiger partial charge in [0.25, 0.3) is 0 Å². The van der Waals surface area contributed by atoms with Gasteiger partial charge in [0.2, 0.25) is 5.91 Å². The first-order chi connectivity index (χ1) is 9.08. The minimum Gasteiger partial charge on any atom is -0.361 e. The molecule has 1 heterocycles. The van der Waals surface area contributed by atoms with Crippen LogP contribution in [0.25, 0.3) is 0 Å². The Labute approximate surface area is 114 Å². The van der Waals surface area contributed by atoms with Crippen LogP contribution in [0, 0.1) is 13.8 Å². The number of aryl methyl sites for hydroxylation is 2. The van der Waals surface area contributed by atoms with Crippen LogP contribution < -0.4 is 10.6 Å². The molecule has 1 amide bonds. The highest BCUT2D eigenvalue weighted by Crippen LogP contribution is 2.20.